The van der Waals surface area contributed by atoms with Gasteiger partial charge in [-0.25, -0.2) is 0 Å². The molecule has 3 nitrogen and oxygen atoms in total. The average molecular weight is 638 g/mol. The first kappa shape index (κ1) is 29.8. The number of fused-ring (bicyclic) bond motifs is 2. The zero-order valence-electron chi connectivity index (χ0n) is 26.6. The van der Waals surface area contributed by atoms with E-state index < -0.39 is 0 Å². The van der Waals surface area contributed by atoms with Crippen LogP contribution in [0.2, 0.25) is 0 Å². The first-order valence-electron chi connectivity index (χ1n) is 16.5. The highest BCUT2D eigenvalue weighted by atomic mass is 32.1. The van der Waals surface area contributed by atoms with Gasteiger partial charge in [0.25, 0.3) is 0 Å². The maximum atomic E-state index is 4.59. The van der Waals surface area contributed by atoms with E-state index in [1.165, 1.54) is 48.3 Å². The molecule has 0 spiro atoms. The Morgan fingerprint density at radius 1 is 0.708 bits per heavy atom. The first-order chi connectivity index (χ1) is 23.8. The first-order valence-corrected chi connectivity index (χ1v) is 17.3. The quantitative estimate of drug-likeness (QED) is 0.182. The molecule has 0 saturated heterocycles. The lowest BCUT2D eigenvalue weighted by atomic mass is 9.90. The molecular formula is C44H35N3S. The van der Waals surface area contributed by atoms with Gasteiger partial charge in [-0.15, -0.1) is 11.3 Å². The number of hydrogen-bond acceptors (Lipinski definition) is 4. The molecule has 0 bridgehead atoms. The van der Waals surface area contributed by atoms with Crippen molar-refractivity contribution in [3.05, 3.63) is 181 Å². The summed E-state index contributed by atoms with van der Waals surface area (Å²) in [5, 5.41) is 2.47. The van der Waals surface area contributed by atoms with Crippen LogP contribution in [0, 0.1) is 0 Å². The smallest absolute Gasteiger partial charge is 0.0704 e. The van der Waals surface area contributed by atoms with Gasteiger partial charge in [-0.1, -0.05) is 97.1 Å². The Balaban J connectivity index is 1.11. The van der Waals surface area contributed by atoms with Gasteiger partial charge in [0, 0.05) is 50.4 Å². The van der Waals surface area contributed by atoms with Crippen molar-refractivity contribution in [2.75, 3.05) is 11.4 Å². The third-order valence-electron chi connectivity index (χ3n) is 9.00. The topological polar surface area (TPSA) is 28.5 Å². The Bertz CT molecular complexity index is 2230. The van der Waals surface area contributed by atoms with Crippen LogP contribution in [-0.2, 0) is 0 Å². The molecular weight excluding hydrogens is 603 g/mol. The van der Waals surface area contributed by atoms with Gasteiger partial charge in [0.2, 0.25) is 0 Å². The number of hydrogen-bond donors (Lipinski definition) is 0. The molecule has 3 heterocycles. The minimum atomic E-state index is 0.309. The molecule has 0 fully saturated rings. The van der Waals surface area contributed by atoms with Gasteiger partial charge in [-0.05, 0) is 101 Å². The van der Waals surface area contributed by atoms with Crippen LogP contribution in [0.15, 0.2) is 175 Å². The van der Waals surface area contributed by atoms with Gasteiger partial charge in [0.05, 0.1) is 12.1 Å². The van der Waals surface area contributed by atoms with Crippen LogP contribution in [0.1, 0.15) is 29.9 Å². The number of allylic oxidation sites excluding steroid dienone is 8. The molecule has 2 aliphatic rings. The molecule has 1 atom stereocenters. The molecule has 6 aromatic rings. The Morgan fingerprint density at radius 3 is 2.33 bits per heavy atom. The minimum Gasteiger partial charge on any atom is -0.311 e. The Hall–Kier alpha value is -5.58. The zero-order chi connectivity index (χ0) is 32.1. The summed E-state index contributed by atoms with van der Waals surface area (Å²) in [5.41, 5.74) is 9.39. The van der Waals surface area contributed by atoms with E-state index in [1.807, 2.05) is 35.9 Å². The van der Waals surface area contributed by atoms with Crippen LogP contribution in [-0.4, -0.2) is 17.7 Å². The highest BCUT2D eigenvalue weighted by molar-refractivity contribution is 7.22. The number of aliphatic imine (C=N–C) groups is 1. The second-order valence-corrected chi connectivity index (χ2v) is 13.2. The fourth-order valence-electron chi connectivity index (χ4n) is 6.45. The number of thiophene rings is 1. The van der Waals surface area contributed by atoms with E-state index in [9.17, 15) is 0 Å². The number of rotatable bonds is 6. The zero-order valence-corrected chi connectivity index (χ0v) is 27.4. The normalized spacial score (nSPS) is 16.9. The van der Waals surface area contributed by atoms with Crippen LogP contribution in [0.5, 0.6) is 0 Å². The fraction of sp³-hybridized carbons (Fsp3) is 0.0909. The molecule has 8 rings (SSSR count). The lowest BCUT2D eigenvalue weighted by Crippen LogP contribution is -2.17. The van der Waals surface area contributed by atoms with E-state index in [4.69, 9.17) is 0 Å². The fourth-order valence-corrected chi connectivity index (χ4v) is 7.52. The van der Waals surface area contributed by atoms with Crippen LogP contribution in [0.25, 0.3) is 37.0 Å². The molecule has 1 aliphatic carbocycles. The van der Waals surface area contributed by atoms with Crippen LogP contribution < -0.4 is 4.90 Å². The van der Waals surface area contributed by atoms with Gasteiger partial charge in [0.15, 0.2) is 0 Å². The number of nitrogens with zero attached hydrogens (tertiary/aromatic N) is 3. The highest BCUT2D eigenvalue weighted by Gasteiger charge is 2.19. The molecule has 4 aromatic carbocycles. The van der Waals surface area contributed by atoms with Gasteiger partial charge >= 0.3 is 0 Å². The van der Waals surface area contributed by atoms with E-state index >= 15 is 0 Å². The highest BCUT2D eigenvalue weighted by Crippen LogP contribution is 2.39. The van der Waals surface area contributed by atoms with Crippen molar-refractivity contribution in [3.8, 4) is 10.4 Å². The van der Waals surface area contributed by atoms with Gasteiger partial charge in [0.1, 0.15) is 0 Å². The van der Waals surface area contributed by atoms with Gasteiger partial charge in [-0.3, -0.25) is 9.98 Å². The van der Waals surface area contributed by atoms with Crippen molar-refractivity contribution >= 4 is 55.5 Å². The number of anilines is 2. The Labute approximate surface area is 285 Å². The third kappa shape index (κ3) is 6.35. The summed E-state index contributed by atoms with van der Waals surface area (Å²) >= 11 is 1.84. The second kappa shape index (κ2) is 13.6. The average Bonchev–Trinajstić information content (AvgIpc) is 3.59. The summed E-state index contributed by atoms with van der Waals surface area (Å²) in [6.45, 7) is 0.663. The van der Waals surface area contributed by atoms with Crippen LogP contribution in [0.4, 0.5) is 11.4 Å². The van der Waals surface area contributed by atoms with E-state index in [2.05, 4.69) is 161 Å². The number of pyridine rings is 1. The SMILES string of the molecule is C1=CC(c2ccc(N(C3=CCC(c4ccc5cccnc5c4)C=C3)c3ccc(-c4cc5ccccc5s4)cc3)cc2)=CCN=C/C=C\C1. The molecule has 232 valence electrons. The summed E-state index contributed by atoms with van der Waals surface area (Å²) in [6.07, 6.45) is 23.3. The van der Waals surface area contributed by atoms with Crippen molar-refractivity contribution in [2.45, 2.75) is 18.8 Å². The van der Waals surface area contributed by atoms with E-state index in [0.717, 1.165) is 29.7 Å². The molecule has 0 radical (unpaired) electrons. The molecule has 0 saturated carbocycles. The van der Waals surface area contributed by atoms with Gasteiger partial charge in [-0.2, -0.15) is 0 Å². The predicted octanol–water partition coefficient (Wildman–Crippen LogP) is 11.9. The summed E-state index contributed by atoms with van der Waals surface area (Å²) < 4.78 is 1.32. The van der Waals surface area contributed by atoms with Crippen molar-refractivity contribution in [3.63, 3.8) is 0 Å². The molecule has 1 aliphatic heterocycles. The minimum absolute atomic E-state index is 0.309. The van der Waals surface area contributed by atoms with Crippen molar-refractivity contribution in [1.82, 2.24) is 4.98 Å². The molecule has 48 heavy (non-hydrogen) atoms. The van der Waals surface area contributed by atoms with Gasteiger partial charge < -0.3 is 4.90 Å². The number of benzene rings is 4. The molecule has 2 aromatic heterocycles. The van der Waals surface area contributed by atoms with Crippen LogP contribution >= 0.6 is 11.3 Å². The van der Waals surface area contributed by atoms with Crippen molar-refractivity contribution in [2.24, 2.45) is 4.99 Å². The van der Waals surface area contributed by atoms with E-state index in [0.29, 0.717) is 12.5 Å². The monoisotopic (exact) mass is 637 g/mol. The Morgan fingerprint density at radius 2 is 1.52 bits per heavy atom. The Kier molecular flexibility index (Phi) is 8.47. The maximum absolute atomic E-state index is 4.59. The lowest BCUT2D eigenvalue weighted by molar-refractivity contribution is 0.841. The third-order valence-corrected chi connectivity index (χ3v) is 10.2. The summed E-state index contributed by atoms with van der Waals surface area (Å²) in [7, 11) is 0. The molecule has 0 amide bonds. The maximum Gasteiger partial charge on any atom is 0.0704 e. The molecule has 4 heteroatoms. The van der Waals surface area contributed by atoms with Crippen molar-refractivity contribution in [1.29, 1.82) is 0 Å². The second-order valence-electron chi connectivity index (χ2n) is 12.1. The summed E-state index contributed by atoms with van der Waals surface area (Å²) in [5.74, 6) is 0.309. The summed E-state index contributed by atoms with van der Waals surface area (Å²) in [4.78, 5) is 12.7. The largest absolute Gasteiger partial charge is 0.311 e. The lowest BCUT2D eigenvalue weighted by Gasteiger charge is -2.29. The number of aromatic nitrogens is 1. The molecule has 0 N–H and O–H groups in total. The molecule has 1 unspecified atom stereocenters. The van der Waals surface area contributed by atoms with E-state index in [1.54, 1.807) is 0 Å². The summed E-state index contributed by atoms with van der Waals surface area (Å²) in [6, 6.07) is 39.6. The standard InChI is InChI=1S/C44H35N3S/c1-2-6-27-45-29-26-32(8-3-1)33-14-20-39(21-15-33)47(41-24-18-36(19-25-41)44-31-38-9-4-5-11-43(38)48-44)40-22-16-34(17-23-40)37-13-12-35-10-7-28-46-42(35)30-37/h2-16,18-28,30-31,34H,1,17,29H2/b6-2-,8-3?,32-26?,45-27?. The predicted molar refractivity (Wildman–Crippen MR) is 206 cm³/mol. The van der Waals surface area contributed by atoms with Crippen molar-refractivity contribution < 1.29 is 0 Å². The van der Waals surface area contributed by atoms with E-state index in [-0.39, 0.29) is 0 Å². The van der Waals surface area contributed by atoms with Crippen LogP contribution in [0.3, 0.4) is 0 Å².